The first-order valence-electron chi connectivity index (χ1n) is 6.30. The number of anilines is 1. The molecule has 0 aliphatic rings. The van der Waals surface area contributed by atoms with E-state index in [4.69, 9.17) is 0 Å². The number of hydrogen-bond donors (Lipinski definition) is 2. The molecule has 0 spiro atoms. The summed E-state index contributed by atoms with van der Waals surface area (Å²) in [6.45, 7) is 4.31. The van der Waals surface area contributed by atoms with Crippen molar-refractivity contribution >= 4 is 38.6 Å². The zero-order chi connectivity index (χ0) is 14.8. The molecule has 0 unspecified atom stereocenters. The van der Waals surface area contributed by atoms with E-state index in [0.717, 1.165) is 21.2 Å². The Labute approximate surface area is 126 Å². The van der Waals surface area contributed by atoms with Crippen molar-refractivity contribution < 1.29 is 4.79 Å². The quantitative estimate of drug-likeness (QED) is 0.900. The second-order valence-electron chi connectivity index (χ2n) is 5.20. The molecule has 0 saturated carbocycles. The fourth-order valence-electron chi connectivity index (χ4n) is 1.88. The van der Waals surface area contributed by atoms with Crippen LogP contribution in [0.15, 0.2) is 29.0 Å². The van der Waals surface area contributed by atoms with Crippen LogP contribution in [0.25, 0.3) is 11.0 Å². The number of rotatable bonds is 4. The van der Waals surface area contributed by atoms with Gasteiger partial charge in [-0.05, 0) is 41.9 Å². The highest BCUT2D eigenvalue weighted by atomic mass is 79.9. The van der Waals surface area contributed by atoms with Crippen LogP contribution in [0.5, 0.6) is 0 Å². The topological polar surface area (TPSA) is 66.9 Å². The number of carbonyl (C=O) groups is 1. The van der Waals surface area contributed by atoms with Crippen LogP contribution >= 0.6 is 15.9 Å². The van der Waals surface area contributed by atoms with Crippen molar-refractivity contribution in [2.24, 2.45) is 5.41 Å². The summed E-state index contributed by atoms with van der Waals surface area (Å²) < 4.78 is 0.889. The summed E-state index contributed by atoms with van der Waals surface area (Å²) in [7, 11) is 1.64. The van der Waals surface area contributed by atoms with Gasteiger partial charge < -0.3 is 10.6 Å². The Morgan fingerprint density at radius 1 is 1.40 bits per heavy atom. The lowest BCUT2D eigenvalue weighted by Gasteiger charge is -2.23. The van der Waals surface area contributed by atoms with Gasteiger partial charge in [-0.3, -0.25) is 14.8 Å². The van der Waals surface area contributed by atoms with Gasteiger partial charge in [0.05, 0.1) is 16.6 Å². The summed E-state index contributed by atoms with van der Waals surface area (Å²) in [5.41, 5.74) is 1.98. The molecule has 2 aromatic heterocycles. The average Bonchev–Trinajstić information content (AvgIpc) is 2.43. The predicted octanol–water partition coefficient (Wildman–Crippen LogP) is 2.58. The highest BCUT2D eigenvalue weighted by molar-refractivity contribution is 9.10. The number of carbonyl (C=O) groups excluding carboxylic acids is 1. The van der Waals surface area contributed by atoms with Crippen molar-refractivity contribution in [1.29, 1.82) is 0 Å². The Morgan fingerprint density at radius 3 is 2.85 bits per heavy atom. The van der Waals surface area contributed by atoms with Gasteiger partial charge in [-0.25, -0.2) is 0 Å². The van der Waals surface area contributed by atoms with E-state index in [-0.39, 0.29) is 5.91 Å². The Balaban J connectivity index is 2.24. The minimum Gasteiger partial charge on any atom is -0.382 e. The lowest BCUT2D eigenvalue weighted by Crippen LogP contribution is -2.39. The number of pyridine rings is 2. The fourth-order valence-corrected chi connectivity index (χ4v) is 2.20. The molecule has 0 radical (unpaired) electrons. The third-order valence-corrected chi connectivity index (χ3v) is 3.54. The first-order valence-corrected chi connectivity index (χ1v) is 7.09. The van der Waals surface area contributed by atoms with E-state index in [2.05, 4.69) is 36.5 Å². The summed E-state index contributed by atoms with van der Waals surface area (Å²) in [6.07, 6.45) is 3.46. The van der Waals surface area contributed by atoms with Crippen LogP contribution in [0.3, 0.4) is 0 Å². The van der Waals surface area contributed by atoms with E-state index >= 15 is 0 Å². The molecule has 1 amide bonds. The number of amides is 1. The van der Waals surface area contributed by atoms with Crippen molar-refractivity contribution in [3.05, 3.63) is 29.0 Å². The van der Waals surface area contributed by atoms with Crippen LogP contribution in [0.2, 0.25) is 0 Å². The Kier molecular flexibility index (Phi) is 4.23. The zero-order valence-corrected chi connectivity index (χ0v) is 13.3. The largest absolute Gasteiger partial charge is 0.382 e. The highest BCUT2D eigenvalue weighted by Gasteiger charge is 2.26. The molecule has 2 aromatic rings. The van der Waals surface area contributed by atoms with Crippen LogP contribution in [0, 0.1) is 5.41 Å². The lowest BCUT2D eigenvalue weighted by molar-refractivity contribution is -0.128. The lowest BCUT2D eigenvalue weighted by atomic mass is 9.92. The van der Waals surface area contributed by atoms with Gasteiger partial charge in [-0.1, -0.05) is 0 Å². The summed E-state index contributed by atoms with van der Waals surface area (Å²) in [5.74, 6) is -0.000865. The Hall–Kier alpha value is -1.69. The maximum Gasteiger partial charge on any atom is 0.227 e. The predicted molar refractivity (Wildman–Crippen MR) is 83.6 cm³/mol. The molecule has 0 fully saturated rings. The average molecular weight is 337 g/mol. The third kappa shape index (κ3) is 3.07. The van der Waals surface area contributed by atoms with Gasteiger partial charge in [0.2, 0.25) is 5.91 Å². The second-order valence-corrected chi connectivity index (χ2v) is 6.11. The zero-order valence-electron chi connectivity index (χ0n) is 11.7. The van der Waals surface area contributed by atoms with Crippen LogP contribution in [0.1, 0.15) is 13.8 Å². The standard InChI is InChI=1S/C14H17BrN4O/c1-14(2,13(20)16-3)8-19-10-4-5-17-11-6-9(15)7-18-12(10)11/h4-7H,8H2,1-3H3,(H,16,20)(H,17,19). The van der Waals surface area contributed by atoms with Crippen LogP contribution in [-0.4, -0.2) is 29.5 Å². The molecule has 2 rings (SSSR count). The van der Waals surface area contributed by atoms with Crippen LogP contribution in [-0.2, 0) is 4.79 Å². The van der Waals surface area contributed by atoms with Crippen LogP contribution < -0.4 is 10.6 Å². The van der Waals surface area contributed by atoms with Gasteiger partial charge >= 0.3 is 0 Å². The smallest absolute Gasteiger partial charge is 0.227 e. The summed E-state index contributed by atoms with van der Waals surface area (Å²) in [6, 6.07) is 3.78. The molecule has 6 heteroatoms. The molecule has 0 bridgehead atoms. The van der Waals surface area contributed by atoms with Crippen LogP contribution in [0.4, 0.5) is 5.69 Å². The van der Waals surface area contributed by atoms with Gasteiger partial charge in [0.15, 0.2) is 0 Å². The molecule has 0 atom stereocenters. The molecule has 0 aliphatic carbocycles. The van der Waals surface area contributed by atoms with Crippen molar-refractivity contribution in [3.8, 4) is 0 Å². The normalized spacial score (nSPS) is 11.4. The molecule has 0 aromatic carbocycles. The molecular weight excluding hydrogens is 320 g/mol. The molecule has 106 valence electrons. The number of fused-ring (bicyclic) bond motifs is 1. The van der Waals surface area contributed by atoms with E-state index in [0.29, 0.717) is 6.54 Å². The number of nitrogens with one attached hydrogen (secondary N) is 2. The second kappa shape index (κ2) is 5.75. The first-order chi connectivity index (χ1) is 9.44. The third-order valence-electron chi connectivity index (χ3n) is 3.11. The van der Waals surface area contributed by atoms with Crippen molar-refractivity contribution in [2.75, 3.05) is 18.9 Å². The first kappa shape index (κ1) is 14.7. The van der Waals surface area contributed by atoms with E-state index in [1.807, 2.05) is 26.0 Å². The maximum atomic E-state index is 11.8. The number of halogens is 1. The minimum atomic E-state index is -0.500. The number of aromatic nitrogens is 2. The molecule has 5 nitrogen and oxygen atoms in total. The van der Waals surface area contributed by atoms with Crippen molar-refractivity contribution in [3.63, 3.8) is 0 Å². The van der Waals surface area contributed by atoms with Gasteiger partial charge in [0, 0.05) is 30.5 Å². The maximum absolute atomic E-state index is 11.8. The van der Waals surface area contributed by atoms with Gasteiger partial charge in [-0.2, -0.15) is 0 Å². The SMILES string of the molecule is CNC(=O)C(C)(C)CNc1ccnc2cc(Br)cnc12. The molecule has 0 aliphatic heterocycles. The minimum absolute atomic E-state index is 0.000865. The highest BCUT2D eigenvalue weighted by Crippen LogP contribution is 2.24. The summed E-state index contributed by atoms with van der Waals surface area (Å²) >= 11 is 3.38. The number of hydrogen-bond acceptors (Lipinski definition) is 4. The molecular formula is C14H17BrN4O. The Bertz CT molecular complexity index is 642. The fraction of sp³-hybridized carbons (Fsp3) is 0.357. The Morgan fingerprint density at radius 2 is 2.15 bits per heavy atom. The van der Waals surface area contributed by atoms with Gasteiger partial charge in [0.1, 0.15) is 5.52 Å². The summed E-state index contributed by atoms with van der Waals surface area (Å²) in [4.78, 5) is 20.4. The van der Waals surface area contributed by atoms with E-state index in [1.165, 1.54) is 0 Å². The van der Waals surface area contributed by atoms with E-state index in [9.17, 15) is 4.79 Å². The van der Waals surface area contributed by atoms with Gasteiger partial charge in [-0.15, -0.1) is 0 Å². The van der Waals surface area contributed by atoms with E-state index in [1.54, 1.807) is 19.4 Å². The molecule has 2 N–H and O–H groups in total. The van der Waals surface area contributed by atoms with E-state index < -0.39 is 5.41 Å². The summed E-state index contributed by atoms with van der Waals surface area (Å²) in [5, 5.41) is 5.96. The molecule has 0 saturated heterocycles. The van der Waals surface area contributed by atoms with Crippen molar-refractivity contribution in [2.45, 2.75) is 13.8 Å². The number of nitrogens with zero attached hydrogens (tertiary/aromatic N) is 2. The monoisotopic (exact) mass is 336 g/mol. The van der Waals surface area contributed by atoms with Crippen molar-refractivity contribution in [1.82, 2.24) is 15.3 Å². The van der Waals surface area contributed by atoms with Gasteiger partial charge in [0.25, 0.3) is 0 Å². The molecule has 20 heavy (non-hydrogen) atoms. The molecule has 2 heterocycles.